The quantitative estimate of drug-likeness (QED) is 0.142. The molecular formula is C39H53F2N5O9. The number of aromatic nitrogens is 1. The number of pyridine rings is 1. The van der Waals surface area contributed by atoms with E-state index in [0.717, 1.165) is 28.7 Å². The van der Waals surface area contributed by atoms with Gasteiger partial charge < -0.3 is 50.5 Å². The van der Waals surface area contributed by atoms with Crippen molar-refractivity contribution in [2.75, 3.05) is 26.9 Å². The first-order valence-electron chi connectivity index (χ1n) is 17.9. The maximum Gasteiger partial charge on any atom is 0.407 e. The molecule has 2 saturated heterocycles. The van der Waals surface area contributed by atoms with E-state index in [-0.39, 0.29) is 48.2 Å². The van der Waals surface area contributed by atoms with Crippen molar-refractivity contribution in [3.8, 4) is 16.9 Å². The Bertz CT molecular complexity index is 1580. The Balaban J connectivity index is 0.000000286. The molecule has 3 amide bonds. The van der Waals surface area contributed by atoms with E-state index in [9.17, 15) is 28.3 Å². The highest BCUT2D eigenvalue weighted by Crippen LogP contribution is 2.32. The number of carbonyl (C=O) groups excluding carboxylic acids is 3. The smallest absolute Gasteiger partial charge is 0.407 e. The standard InChI is InChI=1S/C24H25F2N3O3.C8H17NO2.C7H11NO4/c25-24(26)32-21-9-5-18(6-10-21)13-28-15-23(31)22(29-16-30)12-17-3-7-19(8-4-17)20-2-1-11-27-14-20;1-6(8(2,3)4)9-7(10)11-5;8-7(9)12-5-3-11-6-4(5)1-2-10-6/h1-11,14,16,22-24,28,31H,12-13,15H2,(H,29,30);6H,1-5H3,(H,9,10);4-6H,1-3H2,(H2,8,9). The number of halogens is 2. The highest BCUT2D eigenvalue weighted by Gasteiger charge is 2.43. The van der Waals surface area contributed by atoms with Crippen LogP contribution in [0.2, 0.25) is 0 Å². The van der Waals surface area contributed by atoms with Gasteiger partial charge in [0.25, 0.3) is 0 Å². The molecule has 1 aromatic heterocycles. The second-order valence-electron chi connectivity index (χ2n) is 14.0. The zero-order valence-electron chi connectivity index (χ0n) is 31.8. The third-order valence-corrected chi connectivity index (χ3v) is 9.05. The molecular weight excluding hydrogens is 720 g/mol. The second-order valence-corrected chi connectivity index (χ2v) is 14.0. The number of amides is 3. The van der Waals surface area contributed by atoms with Gasteiger partial charge in [-0.15, -0.1) is 0 Å². The van der Waals surface area contributed by atoms with Crippen LogP contribution in [-0.4, -0.2) is 92.7 Å². The van der Waals surface area contributed by atoms with Crippen LogP contribution < -0.4 is 26.4 Å². The number of aliphatic hydroxyl groups is 1. The Kier molecular flexibility index (Phi) is 18.2. The summed E-state index contributed by atoms with van der Waals surface area (Å²) in [4.78, 5) is 36.3. The van der Waals surface area contributed by atoms with Crippen molar-refractivity contribution in [2.45, 2.75) is 84.3 Å². The van der Waals surface area contributed by atoms with E-state index in [1.54, 1.807) is 24.5 Å². The average Bonchev–Trinajstić information content (AvgIpc) is 3.78. The lowest BCUT2D eigenvalue weighted by Gasteiger charge is -2.27. The summed E-state index contributed by atoms with van der Waals surface area (Å²) in [5, 5.41) is 19.1. The van der Waals surface area contributed by atoms with Crippen LogP contribution in [-0.2, 0) is 36.7 Å². The first-order chi connectivity index (χ1) is 26.2. The number of alkyl carbamates (subject to hydrolysis) is 1. The fraction of sp³-hybridized carbons (Fsp3) is 0.487. The maximum atomic E-state index is 12.2. The number of primary amides is 1. The molecule has 0 saturated carbocycles. The van der Waals surface area contributed by atoms with Gasteiger partial charge >= 0.3 is 18.8 Å². The number of aliphatic hydroxyl groups excluding tert-OH is 1. The zero-order valence-corrected chi connectivity index (χ0v) is 31.8. The highest BCUT2D eigenvalue weighted by atomic mass is 19.3. The minimum atomic E-state index is -2.86. The van der Waals surface area contributed by atoms with Gasteiger partial charge in [0.1, 0.15) is 11.9 Å². The molecule has 5 rings (SSSR count). The number of alkyl halides is 2. The summed E-state index contributed by atoms with van der Waals surface area (Å²) in [5.41, 5.74) is 8.85. The number of carbonyl (C=O) groups is 3. The molecule has 3 aromatic rings. The van der Waals surface area contributed by atoms with E-state index in [0.29, 0.717) is 32.6 Å². The van der Waals surface area contributed by atoms with Gasteiger partial charge in [-0.1, -0.05) is 63.2 Å². The molecule has 2 aliphatic heterocycles. The monoisotopic (exact) mass is 773 g/mol. The normalized spacial score (nSPS) is 18.9. The molecule has 2 aromatic carbocycles. The topological polar surface area (TPSA) is 193 Å². The van der Waals surface area contributed by atoms with Crippen LogP contribution in [0.25, 0.3) is 11.1 Å². The van der Waals surface area contributed by atoms with Crippen molar-refractivity contribution in [3.05, 3.63) is 84.2 Å². The van der Waals surface area contributed by atoms with Crippen molar-refractivity contribution >= 4 is 18.6 Å². The molecule has 0 spiro atoms. The number of nitrogens with two attached hydrogens (primary N) is 1. The van der Waals surface area contributed by atoms with E-state index in [4.69, 9.17) is 19.9 Å². The number of rotatable bonds is 14. The predicted octanol–water partition coefficient (Wildman–Crippen LogP) is 4.78. The Morgan fingerprint density at radius 1 is 1.05 bits per heavy atom. The van der Waals surface area contributed by atoms with Crippen molar-refractivity contribution < 1.29 is 52.0 Å². The van der Waals surface area contributed by atoms with Gasteiger partial charge in [0, 0.05) is 31.5 Å². The van der Waals surface area contributed by atoms with E-state index in [1.807, 2.05) is 43.3 Å². The number of ether oxygens (including phenoxy) is 5. The third kappa shape index (κ3) is 15.8. The number of benzene rings is 2. The van der Waals surface area contributed by atoms with Crippen LogP contribution in [0.1, 0.15) is 45.2 Å². The summed E-state index contributed by atoms with van der Waals surface area (Å²) >= 11 is 0. The molecule has 16 heteroatoms. The SMILES string of the molecule is COC(=O)NC(C)C(C)(C)C.NC(=O)OC1COC2OCCC12.O=CNC(Cc1ccc(-c2cccnc2)cc1)C(O)CNCc1ccc(OC(F)F)cc1. The molecule has 2 fully saturated rings. The van der Waals surface area contributed by atoms with Crippen LogP contribution in [0.5, 0.6) is 5.75 Å². The number of nitrogens with zero attached hydrogens (tertiary/aromatic N) is 1. The van der Waals surface area contributed by atoms with Gasteiger partial charge in [-0.25, -0.2) is 9.59 Å². The van der Waals surface area contributed by atoms with Crippen LogP contribution in [0, 0.1) is 11.3 Å². The summed E-state index contributed by atoms with van der Waals surface area (Å²) in [6.45, 7) is 7.04. The molecule has 0 aliphatic carbocycles. The van der Waals surface area contributed by atoms with Crippen LogP contribution in [0.3, 0.4) is 0 Å². The van der Waals surface area contributed by atoms with Crippen molar-refractivity contribution in [1.29, 1.82) is 0 Å². The fourth-order valence-electron chi connectivity index (χ4n) is 5.46. The zero-order chi connectivity index (χ0) is 40.4. The number of hydrogen-bond acceptors (Lipinski definition) is 11. The molecule has 3 heterocycles. The molecule has 55 heavy (non-hydrogen) atoms. The second kappa shape index (κ2) is 22.5. The maximum absolute atomic E-state index is 12.2. The molecule has 6 N–H and O–H groups in total. The van der Waals surface area contributed by atoms with E-state index >= 15 is 0 Å². The van der Waals surface area contributed by atoms with Gasteiger partial charge in [-0.05, 0) is 65.6 Å². The van der Waals surface area contributed by atoms with Crippen LogP contribution in [0.4, 0.5) is 18.4 Å². The first-order valence-corrected chi connectivity index (χ1v) is 17.9. The van der Waals surface area contributed by atoms with E-state index in [1.165, 1.54) is 19.2 Å². The largest absolute Gasteiger partial charge is 0.453 e. The number of nitrogens with one attached hydrogen (secondary N) is 3. The first kappa shape index (κ1) is 44.5. The molecule has 302 valence electrons. The minimum Gasteiger partial charge on any atom is -0.453 e. The Labute approximate surface area is 320 Å². The molecule has 0 radical (unpaired) electrons. The summed E-state index contributed by atoms with van der Waals surface area (Å²) in [7, 11) is 1.37. The van der Waals surface area contributed by atoms with E-state index < -0.39 is 24.9 Å². The highest BCUT2D eigenvalue weighted by molar-refractivity contribution is 5.67. The third-order valence-electron chi connectivity index (χ3n) is 9.05. The van der Waals surface area contributed by atoms with Gasteiger partial charge in [0.2, 0.25) is 6.41 Å². The summed E-state index contributed by atoms with van der Waals surface area (Å²) in [5.74, 6) is 0.270. The summed E-state index contributed by atoms with van der Waals surface area (Å²) < 4.78 is 48.5. The minimum absolute atomic E-state index is 0.0776. The molecule has 2 aliphatic rings. The predicted molar refractivity (Wildman–Crippen MR) is 200 cm³/mol. The van der Waals surface area contributed by atoms with Crippen molar-refractivity contribution in [1.82, 2.24) is 20.9 Å². The van der Waals surface area contributed by atoms with Crippen molar-refractivity contribution in [3.63, 3.8) is 0 Å². The van der Waals surface area contributed by atoms with E-state index in [2.05, 4.69) is 51.2 Å². The number of methoxy groups -OCH3 is 1. The van der Waals surface area contributed by atoms with Gasteiger partial charge in [0.05, 0.1) is 38.4 Å². The molecule has 6 atom stereocenters. The van der Waals surface area contributed by atoms with Gasteiger partial charge in [0.15, 0.2) is 6.29 Å². The van der Waals surface area contributed by atoms with Gasteiger partial charge in [-0.3, -0.25) is 9.78 Å². The number of hydrogen-bond donors (Lipinski definition) is 5. The van der Waals surface area contributed by atoms with Crippen molar-refractivity contribution in [2.24, 2.45) is 17.1 Å². The Hall–Kier alpha value is -4.90. The number of fused-ring (bicyclic) bond motifs is 1. The summed E-state index contributed by atoms with van der Waals surface area (Å²) in [6.07, 6.45) is 3.12. The lowest BCUT2D eigenvalue weighted by atomic mass is 9.88. The molecule has 14 nitrogen and oxygen atoms in total. The Morgan fingerprint density at radius 2 is 1.75 bits per heavy atom. The fourth-order valence-corrected chi connectivity index (χ4v) is 5.46. The average molecular weight is 774 g/mol. The lowest BCUT2D eigenvalue weighted by Crippen LogP contribution is -2.45. The molecule has 6 unspecified atom stereocenters. The van der Waals surface area contributed by atoms with Crippen LogP contribution in [0.15, 0.2) is 73.1 Å². The Morgan fingerprint density at radius 3 is 2.33 bits per heavy atom. The van der Waals surface area contributed by atoms with Crippen LogP contribution >= 0.6 is 0 Å². The van der Waals surface area contributed by atoms with Gasteiger partial charge in [-0.2, -0.15) is 8.78 Å². The summed E-state index contributed by atoms with van der Waals surface area (Å²) in [6, 6.07) is 17.7. The molecule has 0 bridgehead atoms. The lowest BCUT2D eigenvalue weighted by molar-refractivity contribution is -0.110.